The van der Waals surface area contributed by atoms with Crippen molar-refractivity contribution >= 4 is 0 Å². The highest BCUT2D eigenvalue weighted by molar-refractivity contribution is 5.62. The zero-order valence-electron chi connectivity index (χ0n) is 17.0. The highest BCUT2D eigenvalue weighted by Gasteiger charge is 2.16. The van der Waals surface area contributed by atoms with Gasteiger partial charge < -0.3 is 19.0 Å². The van der Waals surface area contributed by atoms with Crippen molar-refractivity contribution in [3.05, 3.63) is 56.2 Å². The first-order valence-electron chi connectivity index (χ1n) is 10.0. The molecular weight excluding hydrogens is 388 g/mol. The van der Waals surface area contributed by atoms with Crippen LogP contribution in [0.5, 0.6) is 11.8 Å². The summed E-state index contributed by atoms with van der Waals surface area (Å²) in [7, 11) is 0. The molecule has 0 fully saturated rings. The van der Waals surface area contributed by atoms with Crippen LogP contribution in [0.2, 0.25) is 0 Å². The molecule has 8 heteroatoms. The fourth-order valence-electron chi connectivity index (χ4n) is 2.99. The van der Waals surface area contributed by atoms with Gasteiger partial charge in [-0.25, -0.2) is 9.59 Å². The predicted molar refractivity (Wildman–Crippen MR) is 111 cm³/mol. The zero-order valence-corrected chi connectivity index (χ0v) is 17.0. The van der Waals surface area contributed by atoms with Crippen LogP contribution in [0.4, 0.5) is 0 Å². The molecule has 0 aliphatic rings. The lowest BCUT2D eigenvalue weighted by molar-refractivity contribution is 0.407. The largest absolute Gasteiger partial charge is 0.493 e. The van der Waals surface area contributed by atoms with Crippen molar-refractivity contribution in [2.45, 2.75) is 52.4 Å². The lowest BCUT2D eigenvalue weighted by Gasteiger charge is -2.06. The maximum atomic E-state index is 12.2. The maximum Gasteiger partial charge on any atom is 0.346 e. The van der Waals surface area contributed by atoms with Gasteiger partial charge in [0.15, 0.2) is 0 Å². The molecular formula is C22H24N2O6. The lowest BCUT2D eigenvalue weighted by Crippen LogP contribution is -2.10. The second-order valence-corrected chi connectivity index (χ2v) is 7.00. The first kappa shape index (κ1) is 21.3. The third-order valence-electron chi connectivity index (χ3n) is 4.77. The number of benzene rings is 1. The second kappa shape index (κ2) is 9.39. The molecule has 0 aliphatic heterocycles. The van der Waals surface area contributed by atoms with Crippen LogP contribution in [0, 0.1) is 0 Å². The maximum absolute atomic E-state index is 12.2. The van der Waals surface area contributed by atoms with Crippen LogP contribution in [0.3, 0.4) is 0 Å². The Labute approximate surface area is 172 Å². The Hall–Kier alpha value is -3.42. The summed E-state index contributed by atoms with van der Waals surface area (Å²) in [5.41, 5.74) is 0.0212. The van der Waals surface area contributed by atoms with E-state index in [2.05, 4.69) is 9.97 Å². The minimum Gasteiger partial charge on any atom is -0.493 e. The molecule has 0 bridgehead atoms. The summed E-state index contributed by atoms with van der Waals surface area (Å²) in [6.07, 6.45) is 4.05. The standard InChI is InChI=1S/C22H24N2O6/c1-3-5-7-15-17(25)23-19(29-21(15)27)13-9-11-14(12-10-13)20-24-18(26)16(8-6-4-2)22(28)30-20/h9-12,25-26H,3-8H2,1-2H3. The summed E-state index contributed by atoms with van der Waals surface area (Å²) in [5, 5.41) is 20.2. The Kier molecular flexibility index (Phi) is 6.66. The van der Waals surface area contributed by atoms with Crippen LogP contribution in [-0.2, 0) is 12.8 Å². The Bertz CT molecular complexity index is 1040. The van der Waals surface area contributed by atoms with Gasteiger partial charge >= 0.3 is 11.3 Å². The number of aromatic hydroxyl groups is 2. The molecule has 0 amide bonds. The molecule has 30 heavy (non-hydrogen) atoms. The topological polar surface area (TPSA) is 127 Å². The Morgan fingerprint density at radius 3 is 1.40 bits per heavy atom. The quantitative estimate of drug-likeness (QED) is 0.572. The van der Waals surface area contributed by atoms with Gasteiger partial charge in [-0.2, -0.15) is 9.97 Å². The molecule has 0 radical (unpaired) electrons. The molecule has 158 valence electrons. The van der Waals surface area contributed by atoms with Gasteiger partial charge in [0, 0.05) is 11.1 Å². The number of hydrogen-bond acceptors (Lipinski definition) is 8. The average Bonchev–Trinajstić information content (AvgIpc) is 2.72. The minimum absolute atomic E-state index is 0.0172. The number of hydrogen-bond donors (Lipinski definition) is 2. The predicted octanol–water partition coefficient (Wildman–Crippen LogP) is 3.81. The molecule has 2 aromatic heterocycles. The average molecular weight is 412 g/mol. The van der Waals surface area contributed by atoms with Crippen molar-refractivity contribution in [2.75, 3.05) is 0 Å². The Balaban J connectivity index is 1.89. The first-order valence-corrected chi connectivity index (χ1v) is 10.0. The van der Waals surface area contributed by atoms with E-state index in [9.17, 15) is 19.8 Å². The molecule has 8 nitrogen and oxygen atoms in total. The molecule has 3 rings (SSSR count). The van der Waals surface area contributed by atoms with E-state index in [0.717, 1.165) is 25.7 Å². The number of aromatic nitrogens is 2. The molecule has 0 spiro atoms. The van der Waals surface area contributed by atoms with Gasteiger partial charge in [-0.1, -0.05) is 26.7 Å². The Morgan fingerprint density at radius 2 is 1.10 bits per heavy atom. The van der Waals surface area contributed by atoms with Crippen molar-refractivity contribution in [3.63, 3.8) is 0 Å². The smallest absolute Gasteiger partial charge is 0.346 e. The fourth-order valence-corrected chi connectivity index (χ4v) is 2.99. The number of rotatable bonds is 8. The van der Waals surface area contributed by atoms with Gasteiger partial charge in [0.1, 0.15) is 0 Å². The molecule has 0 unspecified atom stereocenters. The molecule has 0 saturated carbocycles. The summed E-state index contributed by atoms with van der Waals surface area (Å²) in [6.45, 7) is 3.97. The van der Waals surface area contributed by atoms with E-state index in [1.807, 2.05) is 13.8 Å². The van der Waals surface area contributed by atoms with Crippen molar-refractivity contribution in [2.24, 2.45) is 0 Å². The van der Waals surface area contributed by atoms with Crippen molar-refractivity contribution in [1.82, 2.24) is 9.97 Å². The van der Waals surface area contributed by atoms with E-state index in [4.69, 9.17) is 8.83 Å². The van der Waals surface area contributed by atoms with Gasteiger partial charge in [-0.15, -0.1) is 0 Å². The van der Waals surface area contributed by atoms with E-state index in [1.165, 1.54) is 0 Å². The molecule has 0 saturated heterocycles. The summed E-state index contributed by atoms with van der Waals surface area (Å²) >= 11 is 0. The first-order chi connectivity index (χ1) is 14.4. The monoisotopic (exact) mass is 412 g/mol. The van der Waals surface area contributed by atoms with Gasteiger partial charge in [0.2, 0.25) is 23.5 Å². The number of nitrogens with zero attached hydrogens (tertiary/aromatic N) is 2. The molecule has 2 heterocycles. The molecule has 3 aromatic rings. The normalized spacial score (nSPS) is 11.0. The lowest BCUT2D eigenvalue weighted by atomic mass is 10.1. The van der Waals surface area contributed by atoms with E-state index in [1.54, 1.807) is 24.3 Å². The van der Waals surface area contributed by atoms with Crippen LogP contribution in [0.25, 0.3) is 22.9 Å². The van der Waals surface area contributed by atoms with Crippen molar-refractivity contribution in [1.29, 1.82) is 0 Å². The minimum atomic E-state index is -0.615. The highest BCUT2D eigenvalue weighted by Crippen LogP contribution is 2.25. The summed E-state index contributed by atoms with van der Waals surface area (Å²) < 4.78 is 10.5. The third kappa shape index (κ3) is 4.59. The van der Waals surface area contributed by atoms with Crippen molar-refractivity contribution < 1.29 is 19.0 Å². The van der Waals surface area contributed by atoms with Crippen LogP contribution in [-0.4, -0.2) is 20.2 Å². The molecule has 0 atom stereocenters. The van der Waals surface area contributed by atoms with E-state index < -0.39 is 11.3 Å². The van der Waals surface area contributed by atoms with Gasteiger partial charge in [-0.3, -0.25) is 0 Å². The van der Waals surface area contributed by atoms with Crippen LogP contribution in [0.15, 0.2) is 42.7 Å². The Morgan fingerprint density at radius 1 is 0.733 bits per heavy atom. The second-order valence-electron chi connectivity index (χ2n) is 7.00. The van der Waals surface area contributed by atoms with E-state index >= 15 is 0 Å². The summed E-state index contributed by atoms with van der Waals surface area (Å²) in [5.74, 6) is -0.703. The highest BCUT2D eigenvalue weighted by atomic mass is 16.4. The molecule has 0 aliphatic carbocycles. The van der Waals surface area contributed by atoms with Gasteiger partial charge in [0.25, 0.3) is 0 Å². The fraction of sp³-hybridized carbons (Fsp3) is 0.364. The summed E-state index contributed by atoms with van der Waals surface area (Å²) in [4.78, 5) is 32.3. The molecule has 2 N–H and O–H groups in total. The molecule has 1 aromatic carbocycles. The van der Waals surface area contributed by atoms with Crippen LogP contribution < -0.4 is 11.3 Å². The zero-order chi connectivity index (χ0) is 21.7. The van der Waals surface area contributed by atoms with Gasteiger partial charge in [-0.05, 0) is 49.9 Å². The van der Waals surface area contributed by atoms with Crippen LogP contribution >= 0.6 is 0 Å². The van der Waals surface area contributed by atoms with E-state index in [-0.39, 0.29) is 34.7 Å². The summed E-state index contributed by atoms with van der Waals surface area (Å²) in [6, 6.07) is 6.37. The van der Waals surface area contributed by atoms with E-state index in [0.29, 0.717) is 24.0 Å². The van der Waals surface area contributed by atoms with Crippen molar-refractivity contribution in [3.8, 4) is 34.7 Å². The SMILES string of the molecule is CCCCc1c(O)nc(-c2ccc(-c3nc(O)c(CCCC)c(=O)o3)cc2)oc1=O. The third-order valence-corrected chi connectivity index (χ3v) is 4.77. The van der Waals surface area contributed by atoms with Gasteiger partial charge in [0.05, 0.1) is 11.1 Å². The van der Waals surface area contributed by atoms with Crippen LogP contribution in [0.1, 0.15) is 50.7 Å². The number of unbranched alkanes of at least 4 members (excludes halogenated alkanes) is 2.